The van der Waals surface area contributed by atoms with Crippen LogP contribution in [0.2, 0.25) is 0 Å². The minimum absolute atomic E-state index is 0.258. The van der Waals surface area contributed by atoms with E-state index in [1.807, 2.05) is 45.2 Å². The molecule has 3 aromatic rings. The molecule has 0 bridgehead atoms. The van der Waals surface area contributed by atoms with Gasteiger partial charge in [0.1, 0.15) is 0 Å². The van der Waals surface area contributed by atoms with Crippen LogP contribution in [0.15, 0.2) is 24.3 Å². The van der Waals surface area contributed by atoms with Crippen molar-refractivity contribution in [3.63, 3.8) is 0 Å². The molecule has 2 heterocycles. The molecule has 0 spiro atoms. The van der Waals surface area contributed by atoms with Crippen molar-refractivity contribution in [2.45, 2.75) is 33.1 Å². The van der Waals surface area contributed by atoms with E-state index in [0.29, 0.717) is 18.5 Å². The van der Waals surface area contributed by atoms with Crippen molar-refractivity contribution in [2.75, 3.05) is 11.9 Å². The molecule has 0 saturated carbocycles. The lowest BCUT2D eigenvalue weighted by atomic mass is 10.2. The van der Waals surface area contributed by atoms with Gasteiger partial charge in [-0.3, -0.25) is 14.3 Å². The maximum absolute atomic E-state index is 12.0. The monoisotopic (exact) mass is 386 g/mol. The summed E-state index contributed by atoms with van der Waals surface area (Å²) in [7, 11) is 1.81. The van der Waals surface area contributed by atoms with Crippen LogP contribution in [-0.2, 0) is 27.8 Å². The first-order valence-electron chi connectivity index (χ1n) is 8.74. The van der Waals surface area contributed by atoms with Crippen LogP contribution < -0.4 is 5.32 Å². The fourth-order valence-electron chi connectivity index (χ4n) is 2.76. The van der Waals surface area contributed by atoms with Crippen LogP contribution in [0.5, 0.6) is 0 Å². The van der Waals surface area contributed by atoms with Crippen molar-refractivity contribution >= 4 is 39.1 Å². The van der Waals surface area contributed by atoms with Crippen LogP contribution in [0.1, 0.15) is 29.2 Å². The van der Waals surface area contributed by atoms with Gasteiger partial charge in [0.2, 0.25) is 0 Å². The van der Waals surface area contributed by atoms with Crippen molar-refractivity contribution in [3.05, 3.63) is 40.7 Å². The van der Waals surface area contributed by atoms with Gasteiger partial charge in [0.05, 0.1) is 32.3 Å². The number of thiazole rings is 1. The highest BCUT2D eigenvalue weighted by molar-refractivity contribution is 7.18. The van der Waals surface area contributed by atoms with Gasteiger partial charge >= 0.3 is 5.97 Å². The Morgan fingerprint density at radius 2 is 2.04 bits per heavy atom. The Labute approximate surface area is 161 Å². The fourth-order valence-corrected chi connectivity index (χ4v) is 3.77. The number of fused-ring (bicyclic) bond motifs is 1. The van der Waals surface area contributed by atoms with E-state index in [1.54, 1.807) is 16.0 Å². The lowest BCUT2D eigenvalue weighted by molar-refractivity contribution is -0.147. The third-order valence-corrected chi connectivity index (χ3v) is 5.34. The molecule has 0 saturated heterocycles. The number of anilines is 1. The number of rotatable bonds is 7. The van der Waals surface area contributed by atoms with E-state index >= 15 is 0 Å². The third kappa shape index (κ3) is 4.71. The predicted molar refractivity (Wildman–Crippen MR) is 105 cm³/mol. The van der Waals surface area contributed by atoms with Gasteiger partial charge < -0.3 is 10.1 Å². The van der Waals surface area contributed by atoms with Crippen molar-refractivity contribution < 1.29 is 14.3 Å². The zero-order valence-corrected chi connectivity index (χ0v) is 16.4. The summed E-state index contributed by atoms with van der Waals surface area (Å²) in [6.45, 7) is 3.38. The van der Waals surface area contributed by atoms with Gasteiger partial charge in [-0.2, -0.15) is 5.10 Å². The van der Waals surface area contributed by atoms with Crippen molar-refractivity contribution in [2.24, 2.45) is 7.05 Å². The Morgan fingerprint density at radius 3 is 2.74 bits per heavy atom. The number of benzene rings is 1. The molecule has 2 aromatic heterocycles. The topological polar surface area (TPSA) is 86.1 Å². The third-order valence-electron chi connectivity index (χ3n) is 4.25. The fraction of sp³-hybridized carbons (Fsp3) is 0.368. The number of hydrogen-bond donors (Lipinski definition) is 1. The van der Waals surface area contributed by atoms with Gasteiger partial charge in [-0.05, 0) is 38.8 Å². The number of esters is 1. The standard InChI is InChI=1S/C19H22N4O3S/c1-12-19(13(2)23(3)22-12)21-16(24)11-26-18(25)10-6-9-17-20-14-7-4-5-8-15(14)27-17/h4-5,7-8H,6,9-11H2,1-3H3,(H,21,24). The van der Waals surface area contributed by atoms with Crippen LogP contribution in [0.4, 0.5) is 5.69 Å². The minimum Gasteiger partial charge on any atom is -0.456 e. The Bertz CT molecular complexity index is 944. The number of aromatic nitrogens is 3. The van der Waals surface area contributed by atoms with Crippen molar-refractivity contribution in [1.29, 1.82) is 0 Å². The molecule has 8 heteroatoms. The zero-order valence-electron chi connectivity index (χ0n) is 15.6. The molecule has 1 aromatic carbocycles. The number of nitrogens with zero attached hydrogens (tertiary/aromatic N) is 3. The summed E-state index contributed by atoms with van der Waals surface area (Å²) < 4.78 is 7.90. The van der Waals surface area contributed by atoms with Crippen LogP contribution in [0.3, 0.4) is 0 Å². The molecule has 0 radical (unpaired) electrons. The van der Waals surface area contributed by atoms with Crippen LogP contribution in [-0.4, -0.2) is 33.2 Å². The number of ether oxygens (including phenoxy) is 1. The average molecular weight is 386 g/mol. The zero-order chi connectivity index (χ0) is 19.4. The quantitative estimate of drug-likeness (QED) is 0.631. The summed E-state index contributed by atoms with van der Waals surface area (Å²) in [5, 5.41) is 7.98. The molecule has 0 fully saturated rings. The van der Waals surface area contributed by atoms with Gasteiger partial charge in [-0.1, -0.05) is 12.1 Å². The second-order valence-corrected chi connectivity index (χ2v) is 7.42. The normalized spacial score (nSPS) is 10.9. The number of carbonyl (C=O) groups excluding carboxylic acids is 2. The molecule has 0 atom stereocenters. The first-order chi connectivity index (χ1) is 12.9. The lowest BCUT2D eigenvalue weighted by Crippen LogP contribution is -2.21. The van der Waals surface area contributed by atoms with Gasteiger partial charge in [0.25, 0.3) is 5.91 Å². The molecule has 1 N–H and O–H groups in total. The molecule has 1 amide bonds. The first kappa shape index (κ1) is 19.0. The number of nitrogens with one attached hydrogen (secondary N) is 1. The molecule has 0 unspecified atom stereocenters. The summed E-state index contributed by atoms with van der Waals surface area (Å²) in [6, 6.07) is 7.97. The van der Waals surface area contributed by atoms with E-state index in [0.717, 1.165) is 26.6 Å². The van der Waals surface area contributed by atoms with E-state index in [-0.39, 0.29) is 24.9 Å². The molecule has 0 aliphatic heterocycles. The highest BCUT2D eigenvalue weighted by Gasteiger charge is 2.14. The number of amides is 1. The highest BCUT2D eigenvalue weighted by atomic mass is 32.1. The molecular formula is C19H22N4O3S. The smallest absolute Gasteiger partial charge is 0.306 e. The van der Waals surface area contributed by atoms with E-state index < -0.39 is 0 Å². The summed E-state index contributed by atoms with van der Waals surface area (Å²) in [5.41, 5.74) is 3.22. The summed E-state index contributed by atoms with van der Waals surface area (Å²) in [6.07, 6.45) is 1.62. The SMILES string of the molecule is Cc1nn(C)c(C)c1NC(=O)COC(=O)CCCc1nc2ccccc2s1. The first-order valence-corrected chi connectivity index (χ1v) is 9.56. The molecule has 3 rings (SSSR count). The summed E-state index contributed by atoms with van der Waals surface area (Å²) in [4.78, 5) is 28.4. The molecule has 27 heavy (non-hydrogen) atoms. The number of hydrogen-bond acceptors (Lipinski definition) is 6. The van der Waals surface area contributed by atoms with Gasteiger partial charge in [-0.25, -0.2) is 4.98 Å². The van der Waals surface area contributed by atoms with Crippen LogP contribution in [0.25, 0.3) is 10.2 Å². The van der Waals surface area contributed by atoms with Crippen LogP contribution in [0, 0.1) is 13.8 Å². The molecule has 0 aliphatic carbocycles. The van der Waals surface area contributed by atoms with E-state index in [4.69, 9.17) is 4.74 Å². The number of carbonyl (C=O) groups is 2. The largest absolute Gasteiger partial charge is 0.456 e. The van der Waals surface area contributed by atoms with E-state index in [9.17, 15) is 9.59 Å². The van der Waals surface area contributed by atoms with Gasteiger partial charge in [-0.15, -0.1) is 11.3 Å². The second-order valence-electron chi connectivity index (χ2n) is 6.31. The highest BCUT2D eigenvalue weighted by Crippen LogP contribution is 2.22. The van der Waals surface area contributed by atoms with Crippen molar-refractivity contribution in [1.82, 2.24) is 14.8 Å². The second kappa shape index (κ2) is 8.30. The maximum Gasteiger partial charge on any atom is 0.306 e. The number of para-hydroxylation sites is 1. The molecular weight excluding hydrogens is 364 g/mol. The van der Waals surface area contributed by atoms with Crippen molar-refractivity contribution in [3.8, 4) is 0 Å². The van der Waals surface area contributed by atoms with Gasteiger partial charge in [0, 0.05) is 13.5 Å². The Morgan fingerprint density at radius 1 is 1.26 bits per heavy atom. The lowest BCUT2D eigenvalue weighted by Gasteiger charge is -2.07. The van der Waals surface area contributed by atoms with E-state index in [1.165, 1.54) is 0 Å². The Balaban J connectivity index is 1.40. The summed E-state index contributed by atoms with van der Waals surface area (Å²) in [5.74, 6) is -0.750. The van der Waals surface area contributed by atoms with Crippen LogP contribution >= 0.6 is 11.3 Å². The molecule has 7 nitrogen and oxygen atoms in total. The number of aryl methyl sites for hydroxylation is 3. The predicted octanol–water partition coefficient (Wildman–Crippen LogP) is 3.15. The molecule has 142 valence electrons. The average Bonchev–Trinajstić information content (AvgIpc) is 3.15. The minimum atomic E-state index is -0.383. The Hall–Kier alpha value is -2.74. The maximum atomic E-state index is 12.0. The van der Waals surface area contributed by atoms with E-state index in [2.05, 4.69) is 15.4 Å². The van der Waals surface area contributed by atoms with Gasteiger partial charge in [0.15, 0.2) is 6.61 Å². The molecule has 0 aliphatic rings. The summed E-state index contributed by atoms with van der Waals surface area (Å²) >= 11 is 1.64. The Kier molecular flexibility index (Phi) is 5.85.